The van der Waals surface area contributed by atoms with E-state index >= 15 is 0 Å². The van der Waals surface area contributed by atoms with E-state index in [0.717, 1.165) is 30.5 Å². The number of benzene rings is 1. The van der Waals surface area contributed by atoms with Gasteiger partial charge in [-0.1, -0.05) is 28.1 Å². The molecule has 82 valence electrons. The molecular weight excluding hydrogens is 272 g/mol. The molecule has 1 aliphatic heterocycles. The van der Waals surface area contributed by atoms with Gasteiger partial charge < -0.3 is 4.74 Å². The van der Waals surface area contributed by atoms with Crippen LogP contribution < -0.4 is 0 Å². The smallest absolute Gasteiger partial charge is 0.0507 e. The number of hydrogen-bond donors (Lipinski definition) is 1. The predicted octanol–water partition coefficient (Wildman–Crippen LogP) is 3.33. The number of halogens is 1. The minimum Gasteiger partial charge on any atom is -0.381 e. The van der Waals surface area contributed by atoms with Gasteiger partial charge >= 0.3 is 0 Å². The third-order valence-electron chi connectivity index (χ3n) is 2.85. The van der Waals surface area contributed by atoms with E-state index in [4.69, 9.17) is 4.74 Å². The van der Waals surface area contributed by atoms with Gasteiger partial charge in [0.15, 0.2) is 0 Å². The van der Waals surface area contributed by atoms with Crippen LogP contribution in [-0.4, -0.2) is 18.5 Å². The van der Waals surface area contributed by atoms with Gasteiger partial charge in [0.1, 0.15) is 0 Å². The molecule has 0 saturated carbocycles. The van der Waals surface area contributed by atoms with Gasteiger partial charge in [0.25, 0.3) is 0 Å². The number of hydrogen-bond acceptors (Lipinski definition) is 2. The molecule has 1 nitrogen and oxygen atoms in total. The van der Waals surface area contributed by atoms with Crippen LogP contribution in [0, 0.1) is 5.92 Å². The SMILES string of the molecule is S[C@H]1CCOC[C@@H]1Cc1ccc(Br)cc1. The second-order valence-electron chi connectivity index (χ2n) is 4.02. The maximum atomic E-state index is 5.49. The summed E-state index contributed by atoms with van der Waals surface area (Å²) in [6.07, 6.45) is 2.14. The normalized spacial score (nSPS) is 26.5. The average molecular weight is 287 g/mol. The largest absolute Gasteiger partial charge is 0.381 e. The van der Waals surface area contributed by atoms with Gasteiger partial charge in [-0.25, -0.2) is 0 Å². The molecule has 1 aliphatic rings. The molecule has 0 spiro atoms. The van der Waals surface area contributed by atoms with E-state index < -0.39 is 0 Å². The molecule has 0 aromatic heterocycles. The Morgan fingerprint density at radius 2 is 2.07 bits per heavy atom. The van der Waals surface area contributed by atoms with Crippen LogP contribution in [0.15, 0.2) is 28.7 Å². The molecule has 1 aromatic rings. The standard InChI is InChI=1S/C12H15BrOS/c13-11-3-1-9(2-4-11)7-10-8-14-6-5-12(10)15/h1-4,10,12,15H,5-8H2/t10-,12-/m0/s1. The van der Waals surface area contributed by atoms with Crippen molar-refractivity contribution in [3.63, 3.8) is 0 Å². The highest BCUT2D eigenvalue weighted by Gasteiger charge is 2.22. The first-order valence-electron chi connectivity index (χ1n) is 5.26. The van der Waals surface area contributed by atoms with Crippen molar-refractivity contribution in [1.82, 2.24) is 0 Å². The summed E-state index contributed by atoms with van der Waals surface area (Å²) >= 11 is 8.06. The van der Waals surface area contributed by atoms with Crippen LogP contribution in [-0.2, 0) is 11.2 Å². The first kappa shape index (κ1) is 11.5. The molecule has 1 fully saturated rings. The van der Waals surface area contributed by atoms with E-state index in [2.05, 4.69) is 52.8 Å². The molecule has 0 unspecified atom stereocenters. The van der Waals surface area contributed by atoms with E-state index in [1.165, 1.54) is 5.56 Å². The van der Waals surface area contributed by atoms with Gasteiger partial charge in [-0.15, -0.1) is 0 Å². The van der Waals surface area contributed by atoms with Gasteiger partial charge in [-0.3, -0.25) is 0 Å². The lowest BCUT2D eigenvalue weighted by Crippen LogP contribution is -2.29. The highest BCUT2D eigenvalue weighted by molar-refractivity contribution is 9.10. The highest BCUT2D eigenvalue weighted by Crippen LogP contribution is 2.24. The zero-order valence-electron chi connectivity index (χ0n) is 8.53. The minimum absolute atomic E-state index is 0.488. The van der Waals surface area contributed by atoms with E-state index in [1.54, 1.807) is 0 Å². The lowest BCUT2D eigenvalue weighted by Gasteiger charge is -2.28. The molecule has 0 aliphatic carbocycles. The Balaban J connectivity index is 1.98. The Bertz CT molecular complexity index is 312. The lowest BCUT2D eigenvalue weighted by molar-refractivity contribution is 0.0596. The Hall–Kier alpha value is 0.01000. The fraction of sp³-hybridized carbons (Fsp3) is 0.500. The fourth-order valence-corrected chi connectivity index (χ4v) is 2.46. The minimum atomic E-state index is 0.488. The van der Waals surface area contributed by atoms with E-state index in [-0.39, 0.29) is 0 Å². The molecule has 0 N–H and O–H groups in total. The molecule has 3 heteroatoms. The third-order valence-corrected chi connectivity index (χ3v) is 4.05. The van der Waals surface area contributed by atoms with Crippen LogP contribution >= 0.6 is 28.6 Å². The Morgan fingerprint density at radius 3 is 2.73 bits per heavy atom. The van der Waals surface area contributed by atoms with Gasteiger partial charge in [-0.2, -0.15) is 12.6 Å². The molecule has 1 heterocycles. The van der Waals surface area contributed by atoms with Gasteiger partial charge in [0, 0.05) is 16.3 Å². The van der Waals surface area contributed by atoms with Crippen LogP contribution in [0.4, 0.5) is 0 Å². The summed E-state index contributed by atoms with van der Waals surface area (Å²) in [7, 11) is 0. The van der Waals surface area contributed by atoms with Gasteiger partial charge in [0.05, 0.1) is 6.61 Å². The van der Waals surface area contributed by atoms with Crippen molar-refractivity contribution in [2.75, 3.05) is 13.2 Å². The monoisotopic (exact) mass is 286 g/mol. The first-order chi connectivity index (χ1) is 7.25. The molecular formula is C12H15BrOS. The summed E-state index contributed by atoms with van der Waals surface area (Å²) in [6.45, 7) is 1.72. The number of thiol groups is 1. The Kier molecular flexibility index (Phi) is 4.12. The predicted molar refractivity (Wildman–Crippen MR) is 69.5 cm³/mol. The lowest BCUT2D eigenvalue weighted by atomic mass is 9.94. The highest BCUT2D eigenvalue weighted by atomic mass is 79.9. The summed E-state index contributed by atoms with van der Waals surface area (Å²) < 4.78 is 6.62. The fourth-order valence-electron chi connectivity index (χ4n) is 1.90. The van der Waals surface area contributed by atoms with Crippen molar-refractivity contribution in [2.45, 2.75) is 18.1 Å². The van der Waals surface area contributed by atoms with Crippen molar-refractivity contribution in [3.8, 4) is 0 Å². The van der Waals surface area contributed by atoms with Gasteiger partial charge in [-0.05, 0) is 36.5 Å². The summed E-state index contributed by atoms with van der Waals surface area (Å²) in [5, 5.41) is 0.488. The summed E-state index contributed by atoms with van der Waals surface area (Å²) in [5.74, 6) is 0.559. The van der Waals surface area contributed by atoms with Crippen molar-refractivity contribution in [3.05, 3.63) is 34.3 Å². The zero-order valence-corrected chi connectivity index (χ0v) is 11.0. The maximum absolute atomic E-state index is 5.49. The van der Waals surface area contributed by atoms with Crippen molar-refractivity contribution < 1.29 is 4.74 Å². The maximum Gasteiger partial charge on any atom is 0.0507 e. The first-order valence-corrected chi connectivity index (χ1v) is 6.57. The molecule has 1 aromatic carbocycles. The summed E-state index contributed by atoms with van der Waals surface area (Å²) in [4.78, 5) is 0. The van der Waals surface area contributed by atoms with Gasteiger partial charge in [0.2, 0.25) is 0 Å². The van der Waals surface area contributed by atoms with Crippen LogP contribution in [0.1, 0.15) is 12.0 Å². The quantitative estimate of drug-likeness (QED) is 0.821. The van der Waals surface area contributed by atoms with E-state index in [0.29, 0.717) is 11.2 Å². The molecule has 1 saturated heterocycles. The zero-order chi connectivity index (χ0) is 10.7. The molecule has 0 bridgehead atoms. The van der Waals surface area contributed by atoms with Crippen LogP contribution in [0.3, 0.4) is 0 Å². The average Bonchev–Trinajstić information content (AvgIpc) is 2.25. The summed E-state index contributed by atoms with van der Waals surface area (Å²) in [5.41, 5.74) is 1.37. The van der Waals surface area contributed by atoms with E-state index in [1.807, 2.05) is 0 Å². The summed E-state index contributed by atoms with van der Waals surface area (Å²) in [6, 6.07) is 8.51. The molecule has 0 radical (unpaired) electrons. The van der Waals surface area contributed by atoms with Crippen LogP contribution in [0.25, 0.3) is 0 Å². The third kappa shape index (κ3) is 3.23. The Labute approximate surface area is 105 Å². The van der Waals surface area contributed by atoms with Crippen LogP contribution in [0.5, 0.6) is 0 Å². The van der Waals surface area contributed by atoms with Crippen molar-refractivity contribution >= 4 is 28.6 Å². The number of ether oxygens (including phenoxy) is 1. The van der Waals surface area contributed by atoms with Crippen LogP contribution in [0.2, 0.25) is 0 Å². The molecule has 2 rings (SSSR count). The van der Waals surface area contributed by atoms with Crippen molar-refractivity contribution in [2.24, 2.45) is 5.92 Å². The second kappa shape index (κ2) is 5.37. The van der Waals surface area contributed by atoms with E-state index in [9.17, 15) is 0 Å². The second-order valence-corrected chi connectivity index (χ2v) is 5.60. The van der Waals surface area contributed by atoms with Crippen molar-refractivity contribution in [1.29, 1.82) is 0 Å². The molecule has 15 heavy (non-hydrogen) atoms. The Morgan fingerprint density at radius 1 is 1.33 bits per heavy atom. The molecule has 2 atom stereocenters. The topological polar surface area (TPSA) is 9.23 Å². The number of rotatable bonds is 2. The molecule has 0 amide bonds.